The van der Waals surface area contributed by atoms with Gasteiger partial charge in [-0.3, -0.25) is 0 Å². The first-order valence-corrected chi connectivity index (χ1v) is 9.40. The Morgan fingerprint density at radius 2 is 1.76 bits per heavy atom. The van der Waals surface area contributed by atoms with Gasteiger partial charge in [0.05, 0.1) is 0 Å². The molecule has 0 aliphatic heterocycles. The molecule has 1 fully saturated rings. The van der Waals surface area contributed by atoms with Crippen LogP contribution < -0.4 is 0 Å². The van der Waals surface area contributed by atoms with Crippen molar-refractivity contribution in [3.05, 3.63) is 0 Å². The van der Waals surface area contributed by atoms with E-state index in [1.807, 2.05) is 0 Å². The molecule has 0 spiro atoms. The molecule has 1 rings (SSSR count). The fourth-order valence-corrected chi connectivity index (χ4v) is 5.02. The maximum atomic E-state index is 3.75. The summed E-state index contributed by atoms with van der Waals surface area (Å²) >= 11 is 5.92. The average Bonchev–Trinajstić information content (AvgIpc) is 2.40. The zero-order chi connectivity index (χ0) is 12.6. The lowest BCUT2D eigenvalue weighted by atomic mass is 9.77. The maximum absolute atomic E-state index is 3.75. The Labute approximate surface area is 120 Å². The molecule has 0 aromatic carbocycles. The van der Waals surface area contributed by atoms with Crippen molar-refractivity contribution in [2.75, 3.05) is 36.5 Å². The predicted octanol–water partition coefficient (Wildman–Crippen LogP) is 4.41. The third-order valence-corrected chi connectivity index (χ3v) is 6.53. The van der Waals surface area contributed by atoms with Gasteiger partial charge in [0.25, 0.3) is 0 Å². The van der Waals surface area contributed by atoms with Crippen LogP contribution >= 0.6 is 27.7 Å². The second-order valence-electron chi connectivity index (χ2n) is 5.27. The smallest absolute Gasteiger partial charge is 0.00958 e. The fourth-order valence-electron chi connectivity index (χ4n) is 2.64. The molecular formula is C14H28BrNS. The number of hydrogen-bond acceptors (Lipinski definition) is 2. The number of alkyl halides is 1. The summed E-state index contributed by atoms with van der Waals surface area (Å²) in [4.78, 5) is 2.52. The third-order valence-electron chi connectivity index (χ3n) is 4.05. The number of hydrogen-bond donors (Lipinski definition) is 0. The van der Waals surface area contributed by atoms with Gasteiger partial charge in [0, 0.05) is 17.6 Å². The number of thioether (sulfide) groups is 1. The summed E-state index contributed by atoms with van der Waals surface area (Å²) in [5, 5.41) is 1.21. The third kappa shape index (κ3) is 5.52. The molecule has 0 radical (unpaired) electrons. The van der Waals surface area contributed by atoms with Gasteiger partial charge in [-0.1, -0.05) is 49.0 Å². The minimum atomic E-state index is 0.617. The first-order valence-electron chi connectivity index (χ1n) is 7.12. The van der Waals surface area contributed by atoms with E-state index in [4.69, 9.17) is 0 Å². The fraction of sp³-hybridized carbons (Fsp3) is 1.00. The molecule has 1 saturated carbocycles. The van der Waals surface area contributed by atoms with E-state index in [0.29, 0.717) is 5.41 Å². The highest BCUT2D eigenvalue weighted by molar-refractivity contribution is 9.09. The van der Waals surface area contributed by atoms with E-state index in [2.05, 4.69) is 46.4 Å². The van der Waals surface area contributed by atoms with Gasteiger partial charge in [0.2, 0.25) is 0 Å². The molecule has 0 aromatic heterocycles. The van der Waals surface area contributed by atoms with Gasteiger partial charge in [-0.2, -0.15) is 11.8 Å². The van der Waals surface area contributed by atoms with Crippen molar-refractivity contribution < 1.29 is 0 Å². The number of rotatable bonds is 8. The van der Waals surface area contributed by atoms with Crippen molar-refractivity contribution in [2.45, 2.75) is 46.0 Å². The predicted molar refractivity (Wildman–Crippen MR) is 84.4 cm³/mol. The van der Waals surface area contributed by atoms with E-state index in [1.165, 1.54) is 68.6 Å². The van der Waals surface area contributed by atoms with Crippen molar-refractivity contribution in [1.82, 2.24) is 4.90 Å². The Bertz CT molecular complexity index is 189. The van der Waals surface area contributed by atoms with Crippen LogP contribution in [0.1, 0.15) is 46.0 Å². The van der Waals surface area contributed by atoms with Gasteiger partial charge in [0.15, 0.2) is 0 Å². The standard InChI is InChI=1S/C14H28BrNS/c1-3-16(4-2)10-11-17-13-14(12-15)8-6-5-7-9-14/h3-13H2,1-2H3. The number of nitrogens with zero attached hydrogens (tertiary/aromatic N) is 1. The summed E-state index contributed by atoms with van der Waals surface area (Å²) in [6.45, 7) is 8.17. The van der Waals surface area contributed by atoms with Crippen LogP contribution in [0.5, 0.6) is 0 Å². The Balaban J connectivity index is 2.19. The zero-order valence-corrected chi connectivity index (χ0v) is 13.9. The maximum Gasteiger partial charge on any atom is 0.00958 e. The van der Waals surface area contributed by atoms with Crippen LogP contribution in [0.3, 0.4) is 0 Å². The van der Waals surface area contributed by atoms with Crippen molar-refractivity contribution >= 4 is 27.7 Å². The molecule has 0 atom stereocenters. The molecule has 1 aliphatic rings. The van der Waals surface area contributed by atoms with Crippen LogP contribution in [0.15, 0.2) is 0 Å². The van der Waals surface area contributed by atoms with Crippen LogP contribution in [-0.4, -0.2) is 41.4 Å². The summed E-state index contributed by atoms with van der Waals surface area (Å²) < 4.78 is 0. The molecular weight excluding hydrogens is 294 g/mol. The molecule has 3 heteroatoms. The van der Waals surface area contributed by atoms with Gasteiger partial charge in [-0.25, -0.2) is 0 Å². The molecule has 0 unspecified atom stereocenters. The second kappa shape index (κ2) is 8.82. The zero-order valence-electron chi connectivity index (χ0n) is 11.5. The normalized spacial score (nSPS) is 19.8. The van der Waals surface area contributed by atoms with Crippen LogP contribution in [0.2, 0.25) is 0 Å². The van der Waals surface area contributed by atoms with E-state index in [9.17, 15) is 0 Å². The minimum Gasteiger partial charge on any atom is -0.303 e. The Morgan fingerprint density at radius 3 is 2.29 bits per heavy atom. The minimum absolute atomic E-state index is 0.617. The summed E-state index contributed by atoms with van der Waals surface area (Å²) in [6.07, 6.45) is 7.23. The molecule has 0 aromatic rings. The monoisotopic (exact) mass is 321 g/mol. The second-order valence-corrected chi connectivity index (χ2v) is 6.94. The summed E-state index contributed by atoms with van der Waals surface area (Å²) in [5.41, 5.74) is 0.617. The first kappa shape index (κ1) is 15.8. The van der Waals surface area contributed by atoms with Crippen molar-refractivity contribution in [3.63, 3.8) is 0 Å². The van der Waals surface area contributed by atoms with Crippen LogP contribution in [0.25, 0.3) is 0 Å². The molecule has 17 heavy (non-hydrogen) atoms. The largest absolute Gasteiger partial charge is 0.303 e. The van der Waals surface area contributed by atoms with Crippen molar-refractivity contribution in [2.24, 2.45) is 5.41 Å². The van der Waals surface area contributed by atoms with Crippen LogP contribution in [0, 0.1) is 5.41 Å². The lowest BCUT2D eigenvalue weighted by molar-refractivity contribution is 0.259. The topological polar surface area (TPSA) is 3.24 Å². The van der Waals surface area contributed by atoms with Crippen LogP contribution in [-0.2, 0) is 0 Å². The first-order chi connectivity index (χ1) is 8.26. The van der Waals surface area contributed by atoms with E-state index >= 15 is 0 Å². The van der Waals surface area contributed by atoms with Crippen molar-refractivity contribution in [3.8, 4) is 0 Å². The van der Waals surface area contributed by atoms with Gasteiger partial charge in [-0.15, -0.1) is 0 Å². The quantitative estimate of drug-likeness (QED) is 0.481. The van der Waals surface area contributed by atoms with Crippen molar-refractivity contribution in [1.29, 1.82) is 0 Å². The molecule has 0 heterocycles. The molecule has 102 valence electrons. The van der Waals surface area contributed by atoms with Gasteiger partial charge >= 0.3 is 0 Å². The molecule has 0 bridgehead atoms. The average molecular weight is 322 g/mol. The summed E-state index contributed by atoms with van der Waals surface area (Å²) in [5.74, 6) is 2.66. The number of halogens is 1. The van der Waals surface area contributed by atoms with E-state index in [1.54, 1.807) is 0 Å². The van der Waals surface area contributed by atoms with Crippen LogP contribution in [0.4, 0.5) is 0 Å². The molecule has 1 aliphatic carbocycles. The van der Waals surface area contributed by atoms with E-state index in [-0.39, 0.29) is 0 Å². The Morgan fingerprint density at radius 1 is 1.12 bits per heavy atom. The highest BCUT2D eigenvalue weighted by Gasteiger charge is 2.30. The van der Waals surface area contributed by atoms with Gasteiger partial charge in [-0.05, 0) is 37.1 Å². The molecule has 1 nitrogen and oxygen atoms in total. The van der Waals surface area contributed by atoms with E-state index < -0.39 is 0 Å². The Kier molecular flexibility index (Phi) is 8.22. The lowest BCUT2D eigenvalue weighted by Gasteiger charge is -2.35. The summed E-state index contributed by atoms with van der Waals surface area (Å²) in [6, 6.07) is 0. The molecule has 0 saturated heterocycles. The summed E-state index contributed by atoms with van der Waals surface area (Å²) in [7, 11) is 0. The van der Waals surface area contributed by atoms with Gasteiger partial charge in [0.1, 0.15) is 0 Å². The Hall–Kier alpha value is 0.790. The highest BCUT2D eigenvalue weighted by atomic mass is 79.9. The molecule has 0 amide bonds. The van der Waals surface area contributed by atoms with Gasteiger partial charge < -0.3 is 4.90 Å². The molecule has 0 N–H and O–H groups in total. The highest BCUT2D eigenvalue weighted by Crippen LogP contribution is 2.40. The lowest BCUT2D eigenvalue weighted by Crippen LogP contribution is -2.30. The van der Waals surface area contributed by atoms with E-state index in [0.717, 1.165) is 0 Å². The SMILES string of the molecule is CCN(CC)CCSCC1(CBr)CCCCC1.